The molecule has 2 rings (SSSR count). The second-order valence-electron chi connectivity index (χ2n) is 5.12. The molecule has 6 heteroatoms. The van der Waals surface area contributed by atoms with Crippen molar-refractivity contribution in [3.05, 3.63) is 0 Å². The van der Waals surface area contributed by atoms with Crippen LogP contribution in [0.2, 0.25) is 0 Å². The normalized spacial score (nSPS) is 34.3. The highest BCUT2D eigenvalue weighted by Crippen LogP contribution is 2.23. The zero-order valence-corrected chi connectivity index (χ0v) is 10.9. The molecule has 0 amide bonds. The lowest BCUT2D eigenvalue weighted by atomic mass is 10.1. The van der Waals surface area contributed by atoms with Crippen LogP contribution in [0.3, 0.4) is 0 Å². The first-order valence-electron chi connectivity index (χ1n) is 6.41. The molecule has 0 aromatic carbocycles. The van der Waals surface area contributed by atoms with E-state index in [1.807, 2.05) is 0 Å². The van der Waals surface area contributed by atoms with Gasteiger partial charge in [0.25, 0.3) is 0 Å². The van der Waals surface area contributed by atoms with E-state index in [1.54, 1.807) is 0 Å². The van der Waals surface area contributed by atoms with E-state index in [4.69, 9.17) is 10.5 Å². The summed E-state index contributed by atoms with van der Waals surface area (Å²) in [6.45, 7) is 1.17. The highest BCUT2D eigenvalue weighted by molar-refractivity contribution is 7.89. The summed E-state index contributed by atoms with van der Waals surface area (Å²) in [4.78, 5) is 0. The second-order valence-corrected chi connectivity index (χ2v) is 6.97. The number of nitrogens with two attached hydrogens (primary N) is 1. The molecule has 17 heavy (non-hydrogen) atoms. The minimum absolute atomic E-state index is 0.0922. The van der Waals surface area contributed by atoms with Gasteiger partial charge in [-0.2, -0.15) is 0 Å². The molecule has 3 unspecified atom stereocenters. The van der Waals surface area contributed by atoms with Gasteiger partial charge in [0.05, 0.1) is 11.9 Å². The third-order valence-electron chi connectivity index (χ3n) is 3.71. The second kappa shape index (κ2) is 5.65. The highest BCUT2D eigenvalue weighted by atomic mass is 32.2. The molecule has 5 nitrogen and oxygen atoms in total. The summed E-state index contributed by atoms with van der Waals surface area (Å²) in [5, 5.41) is 0. The van der Waals surface area contributed by atoms with Gasteiger partial charge in [0.1, 0.15) is 0 Å². The van der Waals surface area contributed by atoms with Gasteiger partial charge in [0.2, 0.25) is 10.0 Å². The van der Waals surface area contributed by atoms with Crippen molar-refractivity contribution in [2.45, 2.75) is 44.2 Å². The van der Waals surface area contributed by atoms with Crippen molar-refractivity contribution in [1.29, 1.82) is 0 Å². The molecule has 100 valence electrons. The van der Waals surface area contributed by atoms with E-state index in [1.165, 1.54) is 0 Å². The van der Waals surface area contributed by atoms with Crippen LogP contribution in [0.15, 0.2) is 0 Å². The molecule has 3 N–H and O–H groups in total. The lowest BCUT2D eigenvalue weighted by Crippen LogP contribution is -2.38. The van der Waals surface area contributed by atoms with E-state index in [2.05, 4.69) is 4.72 Å². The Morgan fingerprint density at radius 3 is 2.65 bits per heavy atom. The standard InChI is InChI=1S/C11H22N2O3S/c12-11-5-1-3-9(11)7-13-17(14,15)8-10-4-2-6-16-10/h9-11,13H,1-8,12H2. The summed E-state index contributed by atoms with van der Waals surface area (Å²) in [5.41, 5.74) is 5.91. The maximum atomic E-state index is 11.8. The smallest absolute Gasteiger partial charge is 0.214 e. The van der Waals surface area contributed by atoms with Crippen LogP contribution in [-0.2, 0) is 14.8 Å². The fourth-order valence-electron chi connectivity index (χ4n) is 2.63. The van der Waals surface area contributed by atoms with Gasteiger partial charge >= 0.3 is 0 Å². The van der Waals surface area contributed by atoms with Gasteiger partial charge in [-0.05, 0) is 31.6 Å². The molecule has 0 radical (unpaired) electrons. The number of rotatable bonds is 5. The monoisotopic (exact) mass is 262 g/mol. The first-order valence-corrected chi connectivity index (χ1v) is 8.06. The van der Waals surface area contributed by atoms with E-state index in [9.17, 15) is 8.42 Å². The first kappa shape index (κ1) is 13.3. The van der Waals surface area contributed by atoms with Gasteiger partial charge in [-0.1, -0.05) is 6.42 Å². The van der Waals surface area contributed by atoms with Crippen LogP contribution in [-0.4, -0.2) is 39.5 Å². The fraction of sp³-hybridized carbons (Fsp3) is 1.00. The van der Waals surface area contributed by atoms with Crippen LogP contribution in [0.1, 0.15) is 32.1 Å². The van der Waals surface area contributed by atoms with Gasteiger partial charge in [0, 0.05) is 19.2 Å². The van der Waals surface area contributed by atoms with E-state index in [0.29, 0.717) is 19.1 Å². The van der Waals surface area contributed by atoms with Crippen LogP contribution < -0.4 is 10.5 Å². The Kier molecular flexibility index (Phi) is 4.41. The van der Waals surface area contributed by atoms with E-state index in [0.717, 1.165) is 32.1 Å². The summed E-state index contributed by atoms with van der Waals surface area (Å²) in [5.74, 6) is 0.392. The Labute approximate surface area is 103 Å². The SMILES string of the molecule is NC1CCCC1CNS(=O)(=O)CC1CCCO1. The Morgan fingerprint density at radius 2 is 2.06 bits per heavy atom. The third-order valence-corrected chi connectivity index (χ3v) is 5.13. The number of hydrogen-bond donors (Lipinski definition) is 2. The first-order chi connectivity index (χ1) is 8.07. The number of nitrogens with one attached hydrogen (secondary N) is 1. The van der Waals surface area contributed by atoms with Crippen molar-refractivity contribution in [2.75, 3.05) is 18.9 Å². The molecular formula is C11H22N2O3S. The largest absolute Gasteiger partial charge is 0.377 e. The maximum Gasteiger partial charge on any atom is 0.214 e. The summed E-state index contributed by atoms with van der Waals surface area (Å²) < 4.78 is 31.6. The predicted molar refractivity (Wildman–Crippen MR) is 66.1 cm³/mol. The molecular weight excluding hydrogens is 240 g/mol. The number of ether oxygens (including phenoxy) is 1. The molecule has 1 saturated carbocycles. The summed E-state index contributed by atoms with van der Waals surface area (Å²) >= 11 is 0. The van der Waals surface area contributed by atoms with Crippen LogP contribution in [0.25, 0.3) is 0 Å². The van der Waals surface area contributed by atoms with Crippen LogP contribution in [0.4, 0.5) is 0 Å². The molecule has 3 atom stereocenters. The molecule has 0 aromatic rings. The summed E-state index contributed by atoms with van der Waals surface area (Å²) in [6, 6.07) is 0.153. The molecule has 2 fully saturated rings. The van der Waals surface area contributed by atoms with Gasteiger partial charge < -0.3 is 10.5 Å². The lowest BCUT2D eigenvalue weighted by molar-refractivity contribution is 0.127. The van der Waals surface area contributed by atoms with E-state index >= 15 is 0 Å². The van der Waals surface area contributed by atoms with E-state index < -0.39 is 10.0 Å². The minimum atomic E-state index is -3.21. The molecule has 0 aromatic heterocycles. The highest BCUT2D eigenvalue weighted by Gasteiger charge is 2.27. The van der Waals surface area contributed by atoms with Crippen molar-refractivity contribution < 1.29 is 13.2 Å². The number of hydrogen-bond acceptors (Lipinski definition) is 4. The number of sulfonamides is 1. The molecule has 1 saturated heterocycles. The molecule has 1 heterocycles. The van der Waals surface area contributed by atoms with Gasteiger partial charge in [-0.25, -0.2) is 13.1 Å². The van der Waals surface area contributed by atoms with Crippen molar-refractivity contribution in [3.8, 4) is 0 Å². The fourth-order valence-corrected chi connectivity index (χ4v) is 3.97. The van der Waals surface area contributed by atoms with Gasteiger partial charge in [-0.3, -0.25) is 0 Å². The van der Waals surface area contributed by atoms with E-state index in [-0.39, 0.29) is 17.9 Å². The molecule has 1 aliphatic heterocycles. The minimum Gasteiger partial charge on any atom is -0.377 e. The molecule has 0 bridgehead atoms. The topological polar surface area (TPSA) is 81.4 Å². The van der Waals surface area contributed by atoms with Crippen LogP contribution in [0, 0.1) is 5.92 Å². The van der Waals surface area contributed by atoms with Crippen molar-refractivity contribution in [2.24, 2.45) is 11.7 Å². The average Bonchev–Trinajstić information content (AvgIpc) is 2.87. The predicted octanol–water partition coefficient (Wildman–Crippen LogP) is 0.212. The third kappa shape index (κ3) is 3.91. The maximum absolute atomic E-state index is 11.8. The van der Waals surface area contributed by atoms with Crippen molar-refractivity contribution in [1.82, 2.24) is 4.72 Å². The van der Waals surface area contributed by atoms with Crippen LogP contribution >= 0.6 is 0 Å². The molecule has 2 aliphatic rings. The Balaban J connectivity index is 1.76. The molecule has 0 spiro atoms. The quantitative estimate of drug-likeness (QED) is 0.742. The Morgan fingerprint density at radius 1 is 1.24 bits per heavy atom. The zero-order chi connectivity index (χ0) is 12.3. The zero-order valence-electron chi connectivity index (χ0n) is 10.1. The summed E-state index contributed by atoms with van der Waals surface area (Å²) in [6.07, 6.45) is 4.85. The Hall–Kier alpha value is -0.170. The van der Waals surface area contributed by atoms with Crippen LogP contribution in [0.5, 0.6) is 0 Å². The Bertz CT molecular complexity index is 339. The van der Waals surface area contributed by atoms with Crippen molar-refractivity contribution >= 4 is 10.0 Å². The summed E-state index contributed by atoms with van der Waals surface area (Å²) in [7, 11) is -3.21. The lowest BCUT2D eigenvalue weighted by Gasteiger charge is -2.17. The van der Waals surface area contributed by atoms with Gasteiger partial charge in [-0.15, -0.1) is 0 Å². The van der Waals surface area contributed by atoms with Gasteiger partial charge in [0.15, 0.2) is 0 Å². The molecule has 1 aliphatic carbocycles. The van der Waals surface area contributed by atoms with Crippen molar-refractivity contribution in [3.63, 3.8) is 0 Å². The average molecular weight is 262 g/mol.